The van der Waals surface area contributed by atoms with Crippen molar-refractivity contribution in [3.8, 4) is 0 Å². The number of carbonyl (C=O) groups excluding carboxylic acids is 2. The van der Waals surface area contributed by atoms with Crippen LogP contribution in [0.25, 0.3) is 0 Å². The predicted octanol–water partition coefficient (Wildman–Crippen LogP) is 2.14. The molecule has 0 bridgehead atoms. The van der Waals surface area contributed by atoms with Gasteiger partial charge in [0.25, 0.3) is 0 Å². The van der Waals surface area contributed by atoms with Crippen molar-refractivity contribution in [1.82, 2.24) is 15.2 Å². The van der Waals surface area contributed by atoms with Gasteiger partial charge in [0.15, 0.2) is 0 Å². The fraction of sp³-hybridized carbons (Fsp3) is 0.667. The maximum atomic E-state index is 12.9. The average molecular weight is 309 g/mol. The highest BCUT2D eigenvalue weighted by atomic mass is 32.1. The second-order valence-electron chi connectivity index (χ2n) is 6.15. The third-order valence-corrected chi connectivity index (χ3v) is 5.42. The van der Waals surface area contributed by atoms with E-state index < -0.39 is 17.6 Å². The van der Waals surface area contributed by atoms with Crippen molar-refractivity contribution in [2.75, 3.05) is 0 Å². The molecule has 1 aliphatic rings. The summed E-state index contributed by atoms with van der Waals surface area (Å²) in [5.74, 6) is 0.00438. The number of hydrogen-bond donors (Lipinski definition) is 1. The lowest BCUT2D eigenvalue weighted by Gasteiger charge is -2.46. The van der Waals surface area contributed by atoms with Gasteiger partial charge in [0, 0.05) is 11.6 Å². The van der Waals surface area contributed by atoms with Crippen LogP contribution in [0.2, 0.25) is 0 Å². The summed E-state index contributed by atoms with van der Waals surface area (Å²) >= 11 is 1.51. The minimum atomic E-state index is -0.589. The normalized spacial score (nSPS) is 24.9. The number of nitrogens with one attached hydrogen (secondary N) is 1. The molecule has 0 saturated carbocycles. The molecule has 6 heteroatoms. The summed E-state index contributed by atoms with van der Waals surface area (Å²) < 4.78 is 0. The molecule has 0 radical (unpaired) electrons. The van der Waals surface area contributed by atoms with Crippen LogP contribution in [0.15, 0.2) is 11.6 Å². The second-order valence-corrected chi connectivity index (χ2v) is 7.05. The van der Waals surface area contributed by atoms with Crippen LogP contribution in [-0.2, 0) is 15.1 Å². The first-order valence-electron chi connectivity index (χ1n) is 7.34. The lowest BCUT2D eigenvalue weighted by Crippen LogP contribution is -2.67. The molecule has 1 saturated heterocycles. The van der Waals surface area contributed by atoms with Crippen LogP contribution in [0.1, 0.15) is 46.0 Å². The quantitative estimate of drug-likeness (QED) is 0.927. The molecule has 2 rings (SSSR count). The van der Waals surface area contributed by atoms with E-state index in [0.717, 1.165) is 11.4 Å². The minimum Gasteiger partial charge on any atom is -0.342 e. The van der Waals surface area contributed by atoms with Gasteiger partial charge in [-0.05, 0) is 26.7 Å². The molecular weight excluding hydrogens is 286 g/mol. The Hall–Kier alpha value is -1.43. The van der Waals surface area contributed by atoms with Gasteiger partial charge in [-0.3, -0.25) is 9.59 Å². The zero-order chi connectivity index (χ0) is 15.8. The molecule has 116 valence electrons. The molecule has 0 aromatic carbocycles. The molecule has 1 fully saturated rings. The number of thiazole rings is 1. The zero-order valence-corrected chi connectivity index (χ0v) is 14.0. The molecular formula is C15H23N3O2S. The van der Waals surface area contributed by atoms with Crippen molar-refractivity contribution in [3.05, 3.63) is 16.6 Å². The van der Waals surface area contributed by atoms with E-state index in [-0.39, 0.29) is 17.7 Å². The Morgan fingerprint density at radius 2 is 2.14 bits per heavy atom. The highest BCUT2D eigenvalue weighted by Gasteiger charge is 2.47. The fourth-order valence-corrected chi connectivity index (χ4v) is 3.56. The Bertz CT molecular complexity index is 527. The van der Waals surface area contributed by atoms with Crippen LogP contribution in [0.3, 0.4) is 0 Å². The molecule has 2 amide bonds. The first-order chi connectivity index (χ1) is 9.80. The molecule has 1 aromatic rings. The van der Waals surface area contributed by atoms with E-state index in [1.54, 1.807) is 18.0 Å². The number of piperazine rings is 1. The molecule has 3 unspecified atom stereocenters. The van der Waals surface area contributed by atoms with Gasteiger partial charge in [-0.25, -0.2) is 4.98 Å². The van der Waals surface area contributed by atoms with Gasteiger partial charge >= 0.3 is 0 Å². The van der Waals surface area contributed by atoms with E-state index in [1.807, 2.05) is 33.1 Å². The van der Waals surface area contributed by atoms with Crippen LogP contribution in [-0.4, -0.2) is 33.8 Å². The Morgan fingerprint density at radius 3 is 2.67 bits per heavy atom. The number of carbonyl (C=O) groups is 2. The summed E-state index contributed by atoms with van der Waals surface area (Å²) in [6, 6.07) is -0.936. The molecule has 5 nitrogen and oxygen atoms in total. The molecule has 0 aliphatic carbocycles. The molecule has 1 aromatic heterocycles. The van der Waals surface area contributed by atoms with Crippen LogP contribution in [0.4, 0.5) is 0 Å². The van der Waals surface area contributed by atoms with Gasteiger partial charge in [-0.1, -0.05) is 20.3 Å². The van der Waals surface area contributed by atoms with Crippen molar-refractivity contribution < 1.29 is 9.59 Å². The van der Waals surface area contributed by atoms with Crippen molar-refractivity contribution in [2.24, 2.45) is 5.92 Å². The minimum absolute atomic E-state index is 0.0170. The van der Waals surface area contributed by atoms with E-state index in [2.05, 4.69) is 10.3 Å². The van der Waals surface area contributed by atoms with Gasteiger partial charge in [-0.2, -0.15) is 0 Å². The summed E-state index contributed by atoms with van der Waals surface area (Å²) in [6.07, 6.45) is 2.57. The average Bonchev–Trinajstić information content (AvgIpc) is 2.96. The van der Waals surface area contributed by atoms with Gasteiger partial charge in [-0.15, -0.1) is 11.3 Å². The topological polar surface area (TPSA) is 62.3 Å². The van der Waals surface area contributed by atoms with Crippen LogP contribution >= 0.6 is 11.3 Å². The summed E-state index contributed by atoms with van der Waals surface area (Å²) in [6.45, 7) is 9.69. The van der Waals surface area contributed by atoms with Crippen LogP contribution in [0, 0.1) is 5.92 Å². The number of rotatable bonds is 4. The highest BCUT2D eigenvalue weighted by molar-refractivity contribution is 7.09. The third kappa shape index (κ3) is 2.69. The van der Waals surface area contributed by atoms with E-state index in [4.69, 9.17) is 0 Å². The van der Waals surface area contributed by atoms with E-state index >= 15 is 0 Å². The fourth-order valence-electron chi connectivity index (χ4n) is 2.80. The number of aromatic nitrogens is 1. The predicted molar refractivity (Wildman–Crippen MR) is 82.8 cm³/mol. The third-order valence-electron chi connectivity index (χ3n) is 4.34. The van der Waals surface area contributed by atoms with Crippen molar-refractivity contribution in [3.63, 3.8) is 0 Å². The first-order valence-corrected chi connectivity index (χ1v) is 8.22. The van der Waals surface area contributed by atoms with Crippen molar-refractivity contribution in [2.45, 2.75) is 58.7 Å². The van der Waals surface area contributed by atoms with Gasteiger partial charge in [0.05, 0.1) is 5.54 Å². The summed E-state index contributed by atoms with van der Waals surface area (Å²) in [4.78, 5) is 31.2. The number of hydrogen-bond acceptors (Lipinski definition) is 4. The van der Waals surface area contributed by atoms with Gasteiger partial charge in [0.2, 0.25) is 11.8 Å². The van der Waals surface area contributed by atoms with E-state index in [9.17, 15) is 9.59 Å². The monoisotopic (exact) mass is 309 g/mol. The van der Waals surface area contributed by atoms with E-state index in [0.29, 0.717) is 0 Å². The first kappa shape index (κ1) is 15.9. The smallest absolute Gasteiger partial charge is 0.246 e. The molecule has 21 heavy (non-hydrogen) atoms. The maximum absolute atomic E-state index is 12.9. The summed E-state index contributed by atoms with van der Waals surface area (Å²) in [5.41, 5.74) is -0.589. The van der Waals surface area contributed by atoms with Crippen LogP contribution < -0.4 is 5.32 Å². The molecule has 3 atom stereocenters. The Kier molecular flexibility index (Phi) is 4.37. The molecule has 1 aliphatic heterocycles. The molecule has 0 spiro atoms. The SMILES string of the molecule is CCC(C)C1NC(=O)C(C)N(C(C)(C)c2nccs2)C1=O. The highest BCUT2D eigenvalue weighted by Crippen LogP contribution is 2.34. The Balaban J connectivity index is 2.39. The van der Waals surface area contributed by atoms with Crippen molar-refractivity contribution >= 4 is 23.2 Å². The summed E-state index contributed by atoms with van der Waals surface area (Å²) in [7, 11) is 0. The van der Waals surface area contributed by atoms with Crippen molar-refractivity contribution in [1.29, 1.82) is 0 Å². The number of amides is 2. The lowest BCUT2D eigenvalue weighted by molar-refractivity contribution is -0.157. The largest absolute Gasteiger partial charge is 0.342 e. The number of nitrogens with zero attached hydrogens (tertiary/aromatic N) is 2. The Labute approximate surface area is 129 Å². The lowest BCUT2D eigenvalue weighted by atomic mass is 9.90. The van der Waals surface area contributed by atoms with Gasteiger partial charge in [0.1, 0.15) is 17.1 Å². The zero-order valence-electron chi connectivity index (χ0n) is 13.2. The van der Waals surface area contributed by atoms with E-state index in [1.165, 1.54) is 11.3 Å². The maximum Gasteiger partial charge on any atom is 0.246 e. The Morgan fingerprint density at radius 1 is 1.48 bits per heavy atom. The standard InChI is InChI=1S/C15H23N3O2S/c1-6-9(2)11-13(20)18(10(3)12(19)17-11)15(4,5)14-16-7-8-21-14/h7-11H,6H2,1-5H3,(H,17,19). The molecule has 2 heterocycles. The summed E-state index contributed by atoms with van der Waals surface area (Å²) in [5, 5.41) is 5.61. The second kappa shape index (κ2) is 5.75. The van der Waals surface area contributed by atoms with Gasteiger partial charge < -0.3 is 10.2 Å². The molecule has 1 N–H and O–H groups in total. The van der Waals surface area contributed by atoms with Crippen LogP contribution in [0.5, 0.6) is 0 Å².